The van der Waals surface area contributed by atoms with Crippen molar-refractivity contribution in [2.45, 2.75) is 51.2 Å². The van der Waals surface area contributed by atoms with Crippen molar-refractivity contribution in [1.82, 2.24) is 5.32 Å². The van der Waals surface area contributed by atoms with Gasteiger partial charge in [0.05, 0.1) is 0 Å². The van der Waals surface area contributed by atoms with Gasteiger partial charge >= 0.3 is 7.60 Å². The van der Waals surface area contributed by atoms with Crippen LogP contribution < -0.4 is 9.84 Å². The van der Waals surface area contributed by atoms with Crippen LogP contribution in [0.1, 0.15) is 56.8 Å². The third-order valence-corrected chi connectivity index (χ3v) is 5.21. The minimum Gasteiger partial charge on any atom is -0.423 e. The van der Waals surface area contributed by atoms with E-state index in [4.69, 9.17) is 4.52 Å². The molecule has 0 saturated heterocycles. The second-order valence-electron chi connectivity index (χ2n) is 5.32. The predicted octanol–water partition coefficient (Wildman–Crippen LogP) is 4.21. The van der Waals surface area contributed by atoms with Gasteiger partial charge < -0.3 is 9.42 Å². The summed E-state index contributed by atoms with van der Waals surface area (Å²) in [4.78, 5) is 9.92. The van der Waals surface area contributed by atoms with Crippen LogP contribution in [0.15, 0.2) is 24.3 Å². The van der Waals surface area contributed by atoms with Crippen molar-refractivity contribution in [1.29, 1.82) is 0 Å². The van der Waals surface area contributed by atoms with Crippen LogP contribution in [-0.4, -0.2) is 11.4 Å². The molecule has 2 unspecified atom stereocenters. The minimum atomic E-state index is -3.61. The van der Waals surface area contributed by atoms with E-state index in [0.717, 1.165) is 24.9 Å². The first-order chi connectivity index (χ1) is 9.65. The van der Waals surface area contributed by atoms with Crippen molar-refractivity contribution in [2.24, 2.45) is 0 Å². The number of benzene rings is 1. The molecule has 0 aromatic heterocycles. The summed E-state index contributed by atoms with van der Waals surface area (Å²) in [6.45, 7) is 2.96. The molecular formula is C15H24NO3P. The normalized spacial score (nSPS) is 24.4. The largest absolute Gasteiger partial charge is 0.423 e. The van der Waals surface area contributed by atoms with E-state index >= 15 is 0 Å². The van der Waals surface area contributed by atoms with Gasteiger partial charge in [-0.1, -0.05) is 57.2 Å². The van der Waals surface area contributed by atoms with Crippen LogP contribution >= 0.6 is 7.60 Å². The quantitative estimate of drug-likeness (QED) is 0.557. The smallest absolute Gasteiger partial charge is 0.398 e. The Balaban J connectivity index is 1.79. The van der Waals surface area contributed by atoms with Crippen LogP contribution in [-0.2, 0) is 4.57 Å². The van der Waals surface area contributed by atoms with Crippen LogP contribution in [0, 0.1) is 0 Å². The van der Waals surface area contributed by atoms with E-state index in [-0.39, 0.29) is 0 Å². The number of hydrogen-bond acceptors (Lipinski definition) is 3. The zero-order chi connectivity index (χ0) is 14.4. The lowest BCUT2D eigenvalue weighted by Crippen LogP contribution is -2.20. The van der Waals surface area contributed by atoms with Crippen molar-refractivity contribution in [3.05, 3.63) is 29.8 Å². The lowest BCUT2D eigenvalue weighted by Gasteiger charge is -2.15. The van der Waals surface area contributed by atoms with E-state index in [0.29, 0.717) is 5.75 Å². The molecule has 0 spiro atoms. The number of para-hydroxylation sites is 1. The second-order valence-corrected chi connectivity index (χ2v) is 7.14. The molecule has 1 aliphatic heterocycles. The third kappa shape index (κ3) is 3.85. The monoisotopic (exact) mass is 297 g/mol. The highest BCUT2D eigenvalue weighted by molar-refractivity contribution is 7.54. The van der Waals surface area contributed by atoms with E-state index in [1.807, 2.05) is 18.2 Å². The number of unbranched alkanes of at least 4 members (excludes halogenated alkanes) is 5. The minimum absolute atomic E-state index is 0.527. The molecule has 112 valence electrons. The average molecular weight is 297 g/mol. The highest BCUT2D eigenvalue weighted by Crippen LogP contribution is 2.62. The molecule has 0 amide bonds. The lowest BCUT2D eigenvalue weighted by molar-refractivity contribution is 0.374. The molecule has 1 aliphatic rings. The van der Waals surface area contributed by atoms with Crippen LogP contribution in [0.25, 0.3) is 0 Å². The number of hydrogen-bond donors (Lipinski definition) is 2. The first kappa shape index (κ1) is 15.6. The Hall–Kier alpha value is -0.830. The molecule has 2 atom stereocenters. The highest BCUT2D eigenvalue weighted by atomic mass is 31.2. The summed E-state index contributed by atoms with van der Waals surface area (Å²) in [5.74, 6) is -0.0480. The molecule has 4 nitrogen and oxygen atoms in total. The molecule has 20 heavy (non-hydrogen) atoms. The second kappa shape index (κ2) is 7.26. The summed E-state index contributed by atoms with van der Waals surface area (Å²) >= 11 is 0. The highest BCUT2D eigenvalue weighted by Gasteiger charge is 2.42. The predicted molar refractivity (Wildman–Crippen MR) is 81.0 cm³/mol. The summed E-state index contributed by atoms with van der Waals surface area (Å²) in [7, 11) is -3.61. The van der Waals surface area contributed by atoms with Crippen molar-refractivity contribution >= 4 is 7.60 Å². The van der Waals surface area contributed by atoms with Gasteiger partial charge in [-0.3, -0.25) is 5.32 Å². The summed E-state index contributed by atoms with van der Waals surface area (Å²) in [5.41, 5.74) is 0.796. The topological polar surface area (TPSA) is 58.6 Å². The third-order valence-electron chi connectivity index (χ3n) is 3.64. The van der Waals surface area contributed by atoms with Crippen molar-refractivity contribution < 1.29 is 14.0 Å². The number of nitrogens with one attached hydrogen (secondary N) is 1. The van der Waals surface area contributed by atoms with E-state index in [2.05, 4.69) is 12.2 Å². The Kier molecular flexibility index (Phi) is 5.64. The molecule has 0 saturated carbocycles. The van der Waals surface area contributed by atoms with E-state index in [9.17, 15) is 9.46 Å². The molecule has 1 aromatic carbocycles. The fourth-order valence-electron chi connectivity index (χ4n) is 2.53. The zero-order valence-electron chi connectivity index (χ0n) is 12.0. The Morgan fingerprint density at radius 1 is 1.20 bits per heavy atom. The standard InChI is InChI=1S/C15H24NO3P/c1-2-3-4-5-6-9-12-16-15-13-10-7-8-11-14(13)19-20(15,17)18/h7-8,10-11,15-16H,2-6,9,12H2,1H3,(H,17,18). The molecule has 1 aromatic rings. The molecular weight excluding hydrogens is 273 g/mol. The van der Waals surface area contributed by atoms with Crippen LogP contribution in [0.5, 0.6) is 5.75 Å². The van der Waals surface area contributed by atoms with Crippen molar-refractivity contribution in [3.63, 3.8) is 0 Å². The zero-order valence-corrected chi connectivity index (χ0v) is 12.9. The van der Waals surface area contributed by atoms with Gasteiger partial charge in [0, 0.05) is 5.56 Å². The van der Waals surface area contributed by atoms with Crippen LogP contribution in [0.4, 0.5) is 0 Å². The van der Waals surface area contributed by atoms with Crippen molar-refractivity contribution in [2.75, 3.05) is 6.54 Å². The first-order valence-corrected chi connectivity index (χ1v) is 9.14. The molecule has 1 heterocycles. The molecule has 0 radical (unpaired) electrons. The van der Waals surface area contributed by atoms with Gasteiger partial charge in [-0.05, 0) is 19.0 Å². The molecule has 0 aliphatic carbocycles. The fourth-order valence-corrected chi connectivity index (χ4v) is 4.01. The van der Waals surface area contributed by atoms with Gasteiger partial charge in [-0.15, -0.1) is 0 Å². The molecule has 2 N–H and O–H groups in total. The van der Waals surface area contributed by atoms with E-state index in [1.54, 1.807) is 6.07 Å². The fraction of sp³-hybridized carbons (Fsp3) is 0.600. The molecule has 0 fully saturated rings. The Morgan fingerprint density at radius 3 is 2.70 bits per heavy atom. The maximum absolute atomic E-state index is 12.1. The van der Waals surface area contributed by atoms with Crippen molar-refractivity contribution in [3.8, 4) is 5.75 Å². The summed E-state index contributed by atoms with van der Waals surface area (Å²) in [6, 6.07) is 7.27. The Bertz CT molecular complexity index is 478. The van der Waals surface area contributed by atoms with Gasteiger partial charge in [-0.25, -0.2) is 4.57 Å². The summed E-state index contributed by atoms with van der Waals surface area (Å²) in [5, 5.41) is 3.18. The van der Waals surface area contributed by atoms with Gasteiger partial charge in [-0.2, -0.15) is 0 Å². The van der Waals surface area contributed by atoms with Crippen LogP contribution in [0.3, 0.4) is 0 Å². The number of fused-ring (bicyclic) bond motifs is 1. The maximum Gasteiger partial charge on any atom is 0.398 e. The van der Waals surface area contributed by atoms with Crippen LogP contribution in [0.2, 0.25) is 0 Å². The average Bonchev–Trinajstić information content (AvgIpc) is 2.68. The lowest BCUT2D eigenvalue weighted by atomic mass is 10.1. The molecule has 2 rings (SSSR count). The van der Waals surface area contributed by atoms with Gasteiger partial charge in [0.1, 0.15) is 5.75 Å². The van der Waals surface area contributed by atoms with Gasteiger partial charge in [0.2, 0.25) is 0 Å². The number of rotatable bonds is 8. The summed E-state index contributed by atoms with van der Waals surface area (Å²) in [6.07, 6.45) is 7.26. The first-order valence-electron chi connectivity index (χ1n) is 7.49. The Labute approximate surface area is 121 Å². The SMILES string of the molecule is CCCCCCCCNC1c2ccccc2OP1(=O)O. The van der Waals surface area contributed by atoms with Gasteiger partial charge in [0.25, 0.3) is 0 Å². The van der Waals surface area contributed by atoms with E-state index < -0.39 is 13.4 Å². The molecule has 0 bridgehead atoms. The summed E-state index contributed by atoms with van der Waals surface area (Å²) < 4.78 is 17.2. The Morgan fingerprint density at radius 2 is 1.90 bits per heavy atom. The van der Waals surface area contributed by atoms with Gasteiger partial charge in [0.15, 0.2) is 5.78 Å². The van der Waals surface area contributed by atoms with E-state index in [1.165, 1.54) is 25.7 Å². The molecule has 5 heteroatoms. The maximum atomic E-state index is 12.1.